The minimum absolute atomic E-state index is 0.746. The first-order valence-corrected chi connectivity index (χ1v) is 6.24. The quantitative estimate of drug-likeness (QED) is 0.593. The summed E-state index contributed by atoms with van der Waals surface area (Å²) >= 11 is 3.05. The molecule has 2 rings (SSSR count). The van der Waals surface area contributed by atoms with Gasteiger partial charge in [-0.15, -0.1) is 29.1 Å². The molecule has 16 heavy (non-hydrogen) atoms. The van der Waals surface area contributed by atoms with Crippen LogP contribution >= 0.6 is 22.7 Å². The largest absolute Gasteiger partial charge is 0.297 e. The molecule has 0 spiro atoms. The van der Waals surface area contributed by atoms with Gasteiger partial charge >= 0.3 is 0 Å². The van der Waals surface area contributed by atoms with E-state index in [-0.39, 0.29) is 0 Å². The van der Waals surface area contributed by atoms with E-state index >= 15 is 0 Å². The third-order valence-electron chi connectivity index (χ3n) is 1.94. The summed E-state index contributed by atoms with van der Waals surface area (Å²) < 4.78 is 0. The van der Waals surface area contributed by atoms with E-state index < -0.39 is 0 Å². The van der Waals surface area contributed by atoms with Crippen LogP contribution in [-0.2, 0) is 0 Å². The smallest absolute Gasteiger partial charge is 0.160 e. The van der Waals surface area contributed by atoms with Gasteiger partial charge in [0.15, 0.2) is 6.29 Å². The molecule has 0 aliphatic heterocycles. The normalized spacial score (nSPS) is 10.4. The van der Waals surface area contributed by atoms with Crippen LogP contribution in [-0.4, -0.2) is 6.29 Å². The average molecular weight is 244 g/mol. The van der Waals surface area contributed by atoms with Gasteiger partial charge in [-0.3, -0.25) is 4.79 Å². The second-order valence-electron chi connectivity index (χ2n) is 3.04. The van der Waals surface area contributed by atoms with Crippen LogP contribution in [0.3, 0.4) is 0 Å². The number of rotatable bonds is 3. The molecular weight excluding hydrogens is 236 g/mol. The molecule has 0 unspecified atom stereocenters. The summed E-state index contributed by atoms with van der Waals surface area (Å²) in [6, 6.07) is 7.67. The second-order valence-corrected chi connectivity index (χ2v) is 5.30. The van der Waals surface area contributed by atoms with E-state index in [0.717, 1.165) is 25.8 Å². The van der Waals surface area contributed by atoms with Gasteiger partial charge in [0.25, 0.3) is 0 Å². The van der Waals surface area contributed by atoms with Crippen LogP contribution in [0.15, 0.2) is 24.3 Å². The summed E-state index contributed by atoms with van der Waals surface area (Å²) in [7, 11) is 0. The summed E-state index contributed by atoms with van der Waals surface area (Å²) in [4.78, 5) is 14.4. The van der Waals surface area contributed by atoms with E-state index in [1.165, 1.54) is 11.3 Å². The van der Waals surface area contributed by atoms with Crippen molar-refractivity contribution in [2.24, 2.45) is 0 Å². The summed E-state index contributed by atoms with van der Waals surface area (Å²) in [6.07, 6.45) is 10.2. The molecule has 0 aromatic carbocycles. The number of carbonyl (C=O) groups is 1. The zero-order valence-corrected chi connectivity index (χ0v) is 9.98. The van der Waals surface area contributed by atoms with Gasteiger partial charge in [0.05, 0.1) is 9.75 Å². The Morgan fingerprint density at radius 2 is 1.62 bits per heavy atom. The molecule has 0 saturated heterocycles. The first kappa shape index (κ1) is 10.9. The minimum Gasteiger partial charge on any atom is -0.297 e. The first-order chi connectivity index (χ1) is 7.81. The molecule has 2 aromatic rings. The van der Waals surface area contributed by atoms with Crippen molar-refractivity contribution in [2.45, 2.75) is 0 Å². The molecule has 0 aliphatic carbocycles. The molecular formula is C13H8OS2. The monoisotopic (exact) mass is 244 g/mol. The molecule has 3 heteroatoms. The van der Waals surface area contributed by atoms with E-state index in [1.54, 1.807) is 11.3 Å². The maximum absolute atomic E-state index is 10.5. The van der Waals surface area contributed by atoms with Crippen molar-refractivity contribution in [3.05, 3.63) is 43.8 Å². The number of terminal acetylenes is 1. The lowest BCUT2D eigenvalue weighted by atomic mass is 10.3. The van der Waals surface area contributed by atoms with Gasteiger partial charge in [-0.25, -0.2) is 0 Å². The predicted molar refractivity (Wildman–Crippen MR) is 70.9 cm³/mol. The summed E-state index contributed by atoms with van der Waals surface area (Å²) in [5, 5.41) is 0. The molecule has 2 heterocycles. The standard InChI is InChI=1S/C13H8OS2/c1-2-10-3-4-11(15-10)5-6-12-7-8-13(9-14)16-12/h1,3-9H/b6-5+. The topological polar surface area (TPSA) is 17.1 Å². The molecule has 0 amide bonds. The Labute approximate surface area is 102 Å². The Balaban J connectivity index is 2.14. The first-order valence-electron chi connectivity index (χ1n) is 4.61. The van der Waals surface area contributed by atoms with Crippen molar-refractivity contribution >= 4 is 41.1 Å². The lowest BCUT2D eigenvalue weighted by molar-refractivity contribution is 0.112. The lowest BCUT2D eigenvalue weighted by Crippen LogP contribution is -1.62. The van der Waals surface area contributed by atoms with Crippen molar-refractivity contribution in [3.8, 4) is 12.3 Å². The summed E-state index contributed by atoms with van der Waals surface area (Å²) in [6.45, 7) is 0. The Morgan fingerprint density at radius 1 is 1.00 bits per heavy atom. The van der Waals surface area contributed by atoms with Crippen LogP contribution in [0.2, 0.25) is 0 Å². The van der Waals surface area contributed by atoms with Gasteiger partial charge in [0.2, 0.25) is 0 Å². The zero-order chi connectivity index (χ0) is 11.4. The number of hydrogen-bond donors (Lipinski definition) is 0. The van der Waals surface area contributed by atoms with E-state index in [0.29, 0.717) is 0 Å². The molecule has 0 aliphatic rings. The Hall–Kier alpha value is -1.63. The third kappa shape index (κ3) is 2.48. The summed E-state index contributed by atoms with van der Waals surface area (Å²) in [5.41, 5.74) is 0. The molecule has 78 valence electrons. The van der Waals surface area contributed by atoms with Gasteiger partial charge in [-0.1, -0.05) is 5.92 Å². The molecule has 0 fully saturated rings. The second kappa shape index (κ2) is 4.93. The fourth-order valence-electron chi connectivity index (χ4n) is 1.21. The highest BCUT2D eigenvalue weighted by Crippen LogP contribution is 2.21. The van der Waals surface area contributed by atoms with Crippen molar-refractivity contribution in [1.82, 2.24) is 0 Å². The third-order valence-corrected chi connectivity index (χ3v) is 3.90. The highest BCUT2D eigenvalue weighted by Gasteiger charge is 1.96. The van der Waals surface area contributed by atoms with Crippen molar-refractivity contribution in [3.63, 3.8) is 0 Å². The highest BCUT2D eigenvalue weighted by atomic mass is 32.1. The Kier molecular flexibility index (Phi) is 3.35. The van der Waals surface area contributed by atoms with Gasteiger partial charge in [0, 0.05) is 9.75 Å². The van der Waals surface area contributed by atoms with E-state index in [2.05, 4.69) is 5.92 Å². The zero-order valence-electron chi connectivity index (χ0n) is 8.34. The number of aldehydes is 1. The Morgan fingerprint density at radius 3 is 2.19 bits per heavy atom. The Bertz CT molecular complexity index is 567. The number of carbonyl (C=O) groups excluding carboxylic acids is 1. The van der Waals surface area contributed by atoms with Crippen molar-refractivity contribution < 1.29 is 4.79 Å². The van der Waals surface area contributed by atoms with Gasteiger partial charge in [-0.2, -0.15) is 0 Å². The van der Waals surface area contributed by atoms with Crippen LogP contribution in [0, 0.1) is 12.3 Å². The van der Waals surface area contributed by atoms with Crippen molar-refractivity contribution in [2.75, 3.05) is 0 Å². The van der Waals surface area contributed by atoms with E-state index in [4.69, 9.17) is 6.42 Å². The number of hydrogen-bond acceptors (Lipinski definition) is 3. The average Bonchev–Trinajstić information content (AvgIpc) is 2.95. The molecule has 2 aromatic heterocycles. The molecule has 0 saturated carbocycles. The highest BCUT2D eigenvalue weighted by molar-refractivity contribution is 7.15. The van der Waals surface area contributed by atoms with Crippen LogP contribution in [0.25, 0.3) is 12.2 Å². The minimum atomic E-state index is 0.746. The van der Waals surface area contributed by atoms with Gasteiger partial charge in [0.1, 0.15) is 0 Å². The maximum atomic E-state index is 10.5. The van der Waals surface area contributed by atoms with Crippen LogP contribution < -0.4 is 0 Å². The fraction of sp³-hybridized carbons (Fsp3) is 0. The maximum Gasteiger partial charge on any atom is 0.160 e. The van der Waals surface area contributed by atoms with Crippen LogP contribution in [0.4, 0.5) is 0 Å². The van der Waals surface area contributed by atoms with Crippen LogP contribution in [0.1, 0.15) is 24.3 Å². The van der Waals surface area contributed by atoms with Crippen LogP contribution in [0.5, 0.6) is 0 Å². The number of thiophene rings is 2. The van der Waals surface area contributed by atoms with Gasteiger partial charge < -0.3 is 0 Å². The lowest BCUT2D eigenvalue weighted by Gasteiger charge is -1.83. The van der Waals surface area contributed by atoms with E-state index in [1.807, 2.05) is 36.4 Å². The molecule has 0 radical (unpaired) electrons. The molecule has 0 bridgehead atoms. The van der Waals surface area contributed by atoms with Crippen molar-refractivity contribution in [1.29, 1.82) is 0 Å². The van der Waals surface area contributed by atoms with E-state index in [9.17, 15) is 4.79 Å². The van der Waals surface area contributed by atoms with Gasteiger partial charge in [-0.05, 0) is 36.4 Å². The fourth-order valence-corrected chi connectivity index (χ4v) is 2.66. The SMILES string of the molecule is C#Cc1ccc(/C=C/c2ccc(C=O)s2)s1. The molecule has 0 N–H and O–H groups in total. The predicted octanol–water partition coefficient (Wildman–Crippen LogP) is 3.77. The molecule has 1 nitrogen and oxygen atoms in total. The molecule has 0 atom stereocenters. The summed E-state index contributed by atoms with van der Waals surface area (Å²) in [5.74, 6) is 2.60.